The van der Waals surface area contributed by atoms with Gasteiger partial charge in [0.25, 0.3) is 5.91 Å². The smallest absolute Gasteiger partial charge is 0.255 e. The molecule has 0 saturated carbocycles. The van der Waals surface area contributed by atoms with Crippen molar-refractivity contribution in [3.8, 4) is 11.3 Å². The van der Waals surface area contributed by atoms with Crippen molar-refractivity contribution in [2.24, 2.45) is 7.05 Å². The van der Waals surface area contributed by atoms with Gasteiger partial charge in [0, 0.05) is 34.6 Å². The fourth-order valence-corrected chi connectivity index (χ4v) is 4.94. The second-order valence-electron chi connectivity index (χ2n) is 9.04. The van der Waals surface area contributed by atoms with Crippen molar-refractivity contribution >= 4 is 16.8 Å². The molecule has 2 heterocycles. The molecule has 1 unspecified atom stereocenters. The highest BCUT2D eigenvalue weighted by Crippen LogP contribution is 2.48. The lowest BCUT2D eigenvalue weighted by molar-refractivity contribution is 0.0554. The molecule has 3 heteroatoms. The Balaban J connectivity index is 1.90. The fraction of sp³-hybridized carbons (Fsp3) is 0.222. The standard InChI is InChI=1S/C27H26N2O/c1-27(2,3)29-25(19-14-8-9-15-20(19)26(29)30)23-21-16-10-11-17-22(21)28(4)24(23)18-12-6-5-7-13-18/h5-17,25H,1-4H3. The average Bonchev–Trinajstić information content (AvgIpc) is 3.20. The zero-order valence-corrected chi connectivity index (χ0v) is 17.9. The number of aromatic nitrogens is 1. The normalized spacial score (nSPS) is 16.3. The van der Waals surface area contributed by atoms with Crippen LogP contribution in [0.1, 0.15) is 48.3 Å². The molecule has 0 radical (unpaired) electrons. The van der Waals surface area contributed by atoms with Crippen LogP contribution in [-0.4, -0.2) is 20.9 Å². The van der Waals surface area contributed by atoms with Gasteiger partial charge in [-0.3, -0.25) is 4.79 Å². The summed E-state index contributed by atoms with van der Waals surface area (Å²) in [5, 5.41) is 1.20. The molecule has 4 aromatic rings. The van der Waals surface area contributed by atoms with Gasteiger partial charge >= 0.3 is 0 Å². The van der Waals surface area contributed by atoms with Gasteiger partial charge in [0.2, 0.25) is 0 Å². The van der Waals surface area contributed by atoms with Crippen molar-refractivity contribution in [2.75, 3.05) is 0 Å². The molecule has 1 aliphatic heterocycles. The van der Waals surface area contributed by atoms with Crippen LogP contribution in [0, 0.1) is 0 Å². The maximum absolute atomic E-state index is 13.5. The summed E-state index contributed by atoms with van der Waals surface area (Å²) in [7, 11) is 2.12. The second kappa shape index (κ2) is 6.60. The Hall–Kier alpha value is -3.33. The molecule has 0 fully saturated rings. The predicted octanol–water partition coefficient (Wildman–Crippen LogP) is 6.19. The first-order valence-corrected chi connectivity index (χ1v) is 10.4. The monoisotopic (exact) mass is 394 g/mol. The quantitative estimate of drug-likeness (QED) is 0.398. The molecule has 1 amide bonds. The Labute approximate surface area is 177 Å². The maximum Gasteiger partial charge on any atom is 0.255 e. The molecule has 1 atom stereocenters. The summed E-state index contributed by atoms with van der Waals surface area (Å²) in [4.78, 5) is 15.6. The molecule has 1 aromatic heterocycles. The number of carbonyl (C=O) groups excluding carboxylic acids is 1. The minimum atomic E-state index is -0.314. The number of rotatable bonds is 2. The van der Waals surface area contributed by atoms with Gasteiger partial charge < -0.3 is 9.47 Å². The number of amides is 1. The number of benzene rings is 3. The summed E-state index contributed by atoms with van der Waals surface area (Å²) >= 11 is 0. The fourth-order valence-electron chi connectivity index (χ4n) is 4.94. The Kier molecular flexibility index (Phi) is 4.11. The molecule has 3 aromatic carbocycles. The Morgan fingerprint density at radius 2 is 1.43 bits per heavy atom. The number of para-hydroxylation sites is 1. The second-order valence-corrected chi connectivity index (χ2v) is 9.04. The lowest BCUT2D eigenvalue weighted by Crippen LogP contribution is -2.44. The van der Waals surface area contributed by atoms with Crippen molar-refractivity contribution in [3.63, 3.8) is 0 Å². The summed E-state index contributed by atoms with van der Waals surface area (Å²) < 4.78 is 2.27. The Morgan fingerprint density at radius 3 is 2.17 bits per heavy atom. The zero-order chi connectivity index (χ0) is 21.0. The van der Waals surface area contributed by atoms with Crippen LogP contribution in [0.3, 0.4) is 0 Å². The van der Waals surface area contributed by atoms with E-state index in [4.69, 9.17) is 0 Å². The van der Waals surface area contributed by atoms with E-state index in [2.05, 4.69) is 91.9 Å². The van der Waals surface area contributed by atoms with Crippen LogP contribution >= 0.6 is 0 Å². The molecule has 0 N–H and O–H groups in total. The van der Waals surface area contributed by atoms with Crippen LogP contribution in [0.25, 0.3) is 22.2 Å². The third kappa shape index (κ3) is 2.62. The van der Waals surface area contributed by atoms with E-state index in [1.165, 1.54) is 22.2 Å². The lowest BCUT2D eigenvalue weighted by Gasteiger charge is -2.38. The highest BCUT2D eigenvalue weighted by molar-refractivity contribution is 6.02. The van der Waals surface area contributed by atoms with Gasteiger partial charge in [-0.05, 0) is 44.0 Å². The van der Waals surface area contributed by atoms with Crippen LogP contribution in [0.5, 0.6) is 0 Å². The summed E-state index contributed by atoms with van der Waals surface area (Å²) in [5.74, 6) is 0.107. The van der Waals surface area contributed by atoms with Crippen LogP contribution < -0.4 is 0 Å². The van der Waals surface area contributed by atoms with E-state index in [0.29, 0.717) is 0 Å². The van der Waals surface area contributed by atoms with E-state index in [9.17, 15) is 4.79 Å². The van der Waals surface area contributed by atoms with Gasteiger partial charge in [-0.1, -0.05) is 66.7 Å². The van der Waals surface area contributed by atoms with E-state index in [-0.39, 0.29) is 17.5 Å². The van der Waals surface area contributed by atoms with E-state index in [1.54, 1.807) is 0 Å². The van der Waals surface area contributed by atoms with Gasteiger partial charge in [0.15, 0.2) is 0 Å². The largest absolute Gasteiger partial charge is 0.343 e. The third-order valence-electron chi connectivity index (χ3n) is 6.15. The molecule has 5 rings (SSSR count). The van der Waals surface area contributed by atoms with E-state index < -0.39 is 0 Å². The highest BCUT2D eigenvalue weighted by Gasteiger charge is 2.45. The molecule has 150 valence electrons. The first kappa shape index (κ1) is 18.7. The molecule has 0 spiro atoms. The number of fused-ring (bicyclic) bond motifs is 2. The van der Waals surface area contributed by atoms with Gasteiger partial charge in [-0.2, -0.15) is 0 Å². The van der Waals surface area contributed by atoms with Crippen molar-refractivity contribution in [1.82, 2.24) is 9.47 Å². The number of aryl methyl sites for hydroxylation is 1. The Bertz CT molecular complexity index is 1260. The molecule has 30 heavy (non-hydrogen) atoms. The molecule has 1 aliphatic rings. The van der Waals surface area contributed by atoms with Gasteiger partial charge in [-0.25, -0.2) is 0 Å². The first-order valence-electron chi connectivity index (χ1n) is 10.4. The minimum Gasteiger partial charge on any atom is -0.343 e. The molecule has 0 aliphatic carbocycles. The van der Waals surface area contributed by atoms with Crippen LogP contribution in [0.4, 0.5) is 0 Å². The van der Waals surface area contributed by atoms with Crippen LogP contribution in [-0.2, 0) is 7.05 Å². The van der Waals surface area contributed by atoms with Gasteiger partial charge in [0.1, 0.15) is 0 Å². The van der Waals surface area contributed by atoms with Crippen molar-refractivity contribution < 1.29 is 4.79 Å². The average molecular weight is 395 g/mol. The minimum absolute atomic E-state index is 0.107. The zero-order valence-electron chi connectivity index (χ0n) is 17.9. The van der Waals surface area contributed by atoms with Crippen molar-refractivity contribution in [2.45, 2.75) is 32.4 Å². The molecule has 0 saturated heterocycles. The van der Waals surface area contributed by atoms with Crippen LogP contribution in [0.15, 0.2) is 78.9 Å². The maximum atomic E-state index is 13.5. The SMILES string of the molecule is Cn1c(-c2ccccc2)c(C2c3ccccc3C(=O)N2C(C)(C)C)c2ccccc21. The molecule has 3 nitrogen and oxygen atoms in total. The lowest BCUT2D eigenvalue weighted by atomic mass is 9.91. The summed E-state index contributed by atoms with van der Waals surface area (Å²) in [6.07, 6.45) is 0. The van der Waals surface area contributed by atoms with E-state index in [0.717, 1.165) is 16.7 Å². The molecular weight excluding hydrogens is 368 g/mol. The number of carbonyl (C=O) groups is 1. The Morgan fingerprint density at radius 1 is 0.800 bits per heavy atom. The molecular formula is C27H26N2O. The number of nitrogens with zero attached hydrogens (tertiary/aromatic N) is 2. The van der Waals surface area contributed by atoms with E-state index >= 15 is 0 Å². The highest BCUT2D eigenvalue weighted by atomic mass is 16.2. The van der Waals surface area contributed by atoms with Gasteiger partial charge in [-0.15, -0.1) is 0 Å². The number of hydrogen-bond acceptors (Lipinski definition) is 1. The van der Waals surface area contributed by atoms with Crippen LogP contribution in [0.2, 0.25) is 0 Å². The van der Waals surface area contributed by atoms with Crippen molar-refractivity contribution in [3.05, 3.63) is 95.6 Å². The topological polar surface area (TPSA) is 25.2 Å². The summed E-state index contributed by atoms with van der Waals surface area (Å²) in [6.45, 7) is 6.37. The summed E-state index contributed by atoms with van der Waals surface area (Å²) in [5.41, 5.74) is 6.29. The first-order chi connectivity index (χ1) is 14.4. The third-order valence-corrected chi connectivity index (χ3v) is 6.15. The van der Waals surface area contributed by atoms with E-state index in [1.807, 2.05) is 24.3 Å². The van der Waals surface area contributed by atoms with Gasteiger partial charge in [0.05, 0.1) is 11.7 Å². The predicted molar refractivity (Wildman–Crippen MR) is 123 cm³/mol. The summed E-state index contributed by atoms with van der Waals surface area (Å²) in [6, 6.07) is 27.0. The number of hydrogen-bond donors (Lipinski definition) is 0. The van der Waals surface area contributed by atoms with Crippen molar-refractivity contribution in [1.29, 1.82) is 0 Å². The molecule has 0 bridgehead atoms.